The number of phenolic OH excluding ortho intramolecular Hbond substituents is 1. The van der Waals surface area contributed by atoms with Gasteiger partial charge in [-0.15, -0.1) is 0 Å². The predicted octanol–water partition coefficient (Wildman–Crippen LogP) is 3.61. The summed E-state index contributed by atoms with van der Waals surface area (Å²) in [5.74, 6) is 0.341. The fourth-order valence-electron chi connectivity index (χ4n) is 5.25. The molecule has 0 radical (unpaired) electrons. The van der Waals surface area contributed by atoms with Crippen molar-refractivity contribution in [1.29, 1.82) is 0 Å². The lowest BCUT2D eigenvalue weighted by atomic mass is 9.99. The van der Waals surface area contributed by atoms with Crippen molar-refractivity contribution in [1.82, 2.24) is 0 Å². The van der Waals surface area contributed by atoms with Gasteiger partial charge in [0.15, 0.2) is 8.07 Å². The number of aromatic hydroxyl groups is 1. The maximum atomic E-state index is 10.1. The molecule has 0 saturated heterocycles. The molecule has 4 aromatic carbocycles. The van der Waals surface area contributed by atoms with Crippen LogP contribution in [-0.2, 0) is 6.04 Å². The third kappa shape index (κ3) is 1.83. The summed E-state index contributed by atoms with van der Waals surface area (Å²) in [4.78, 5) is 0. The van der Waals surface area contributed by atoms with E-state index < -0.39 is 8.07 Å². The summed E-state index contributed by atoms with van der Waals surface area (Å²) < 4.78 is 0. The second-order valence-electron chi connectivity index (χ2n) is 7.56. The van der Waals surface area contributed by atoms with Crippen molar-refractivity contribution in [3.63, 3.8) is 0 Å². The molecule has 0 bridgehead atoms. The Morgan fingerprint density at radius 1 is 0.556 bits per heavy atom. The summed E-state index contributed by atoms with van der Waals surface area (Å²) in [5.41, 5.74) is 6.62. The Hall–Kier alpha value is -3.10. The van der Waals surface area contributed by atoms with Crippen LogP contribution in [0, 0.1) is 0 Å². The standard InChI is InChI=1S/C25H18OSi/c26-18-14-13-17-16-27(25-12-6-3-9-21(25)22(17)15-18)23-10-4-1-7-19(23)20-8-2-5-11-24(20)27/h1-15,26H,16H2. The van der Waals surface area contributed by atoms with Gasteiger partial charge in [-0.05, 0) is 61.6 Å². The molecule has 0 saturated carbocycles. The zero-order valence-corrected chi connectivity index (χ0v) is 15.8. The van der Waals surface area contributed by atoms with Crippen LogP contribution in [0.25, 0.3) is 22.3 Å². The van der Waals surface area contributed by atoms with Gasteiger partial charge < -0.3 is 5.11 Å². The molecule has 27 heavy (non-hydrogen) atoms. The van der Waals surface area contributed by atoms with Crippen LogP contribution in [0.15, 0.2) is 91.0 Å². The number of hydrogen-bond acceptors (Lipinski definition) is 1. The normalized spacial score (nSPS) is 15.0. The zero-order chi connectivity index (χ0) is 18.0. The quantitative estimate of drug-likeness (QED) is 0.474. The first-order chi connectivity index (χ1) is 13.3. The van der Waals surface area contributed by atoms with E-state index in [0.717, 1.165) is 6.04 Å². The second-order valence-corrected chi connectivity index (χ2v) is 11.3. The van der Waals surface area contributed by atoms with Crippen LogP contribution in [0.3, 0.4) is 0 Å². The second kappa shape index (κ2) is 5.21. The van der Waals surface area contributed by atoms with Crippen LogP contribution in [0.4, 0.5) is 0 Å². The maximum Gasteiger partial charge on any atom is 0.154 e. The van der Waals surface area contributed by atoms with Gasteiger partial charge in [-0.25, -0.2) is 0 Å². The summed E-state index contributed by atoms with van der Waals surface area (Å²) in [6.07, 6.45) is 0. The minimum atomic E-state index is -2.13. The van der Waals surface area contributed by atoms with Gasteiger partial charge in [-0.1, -0.05) is 78.9 Å². The molecule has 6 rings (SSSR count). The van der Waals surface area contributed by atoms with E-state index in [1.165, 1.54) is 43.4 Å². The van der Waals surface area contributed by atoms with Crippen molar-refractivity contribution >= 4 is 23.6 Å². The summed E-state index contributed by atoms with van der Waals surface area (Å²) in [6.45, 7) is 0. The molecule has 0 aromatic heterocycles. The molecule has 1 N–H and O–H groups in total. The first-order valence-electron chi connectivity index (χ1n) is 9.40. The van der Waals surface area contributed by atoms with Crippen molar-refractivity contribution in [3.05, 3.63) is 96.6 Å². The Morgan fingerprint density at radius 2 is 1.04 bits per heavy atom. The lowest BCUT2D eigenvalue weighted by molar-refractivity contribution is 0.475. The largest absolute Gasteiger partial charge is 0.508 e. The molecule has 2 aliphatic heterocycles. The average molecular weight is 363 g/mol. The highest BCUT2D eigenvalue weighted by molar-refractivity contribution is 7.14. The van der Waals surface area contributed by atoms with E-state index >= 15 is 0 Å². The first kappa shape index (κ1) is 15.0. The predicted molar refractivity (Wildman–Crippen MR) is 114 cm³/mol. The molecule has 0 aliphatic carbocycles. The van der Waals surface area contributed by atoms with Crippen LogP contribution in [0.2, 0.25) is 0 Å². The Morgan fingerprint density at radius 3 is 1.59 bits per heavy atom. The van der Waals surface area contributed by atoms with Crippen molar-refractivity contribution in [2.45, 2.75) is 6.04 Å². The van der Waals surface area contributed by atoms with Gasteiger partial charge in [0, 0.05) is 0 Å². The SMILES string of the molecule is Oc1ccc2c(c1)-c1ccccc1[Si]1(C2)c2ccccc2-c2ccccc21. The number of hydrogen-bond donors (Lipinski definition) is 1. The minimum absolute atomic E-state index is 0.341. The zero-order valence-electron chi connectivity index (χ0n) is 14.8. The highest BCUT2D eigenvalue weighted by atomic mass is 28.3. The van der Waals surface area contributed by atoms with Crippen LogP contribution in [0.5, 0.6) is 5.75 Å². The third-order valence-corrected chi connectivity index (χ3v) is 11.3. The molecule has 2 heteroatoms. The van der Waals surface area contributed by atoms with E-state index in [9.17, 15) is 5.11 Å². The van der Waals surface area contributed by atoms with Gasteiger partial charge in [-0.3, -0.25) is 0 Å². The van der Waals surface area contributed by atoms with Gasteiger partial charge >= 0.3 is 0 Å². The Kier molecular flexibility index (Phi) is 2.90. The van der Waals surface area contributed by atoms with Crippen molar-refractivity contribution in [2.75, 3.05) is 0 Å². The van der Waals surface area contributed by atoms with Crippen LogP contribution < -0.4 is 15.6 Å². The van der Waals surface area contributed by atoms with E-state index in [4.69, 9.17) is 0 Å². The lowest BCUT2D eigenvalue weighted by Crippen LogP contribution is -2.68. The van der Waals surface area contributed by atoms with Gasteiger partial charge in [0.25, 0.3) is 0 Å². The maximum absolute atomic E-state index is 10.1. The summed E-state index contributed by atoms with van der Waals surface area (Å²) >= 11 is 0. The number of rotatable bonds is 0. The molecule has 0 unspecified atom stereocenters. The molecule has 4 aromatic rings. The topological polar surface area (TPSA) is 20.2 Å². The van der Waals surface area contributed by atoms with Crippen LogP contribution >= 0.6 is 0 Å². The van der Waals surface area contributed by atoms with Crippen molar-refractivity contribution < 1.29 is 5.11 Å². The lowest BCUT2D eigenvalue weighted by Gasteiger charge is -2.37. The number of benzene rings is 4. The van der Waals surface area contributed by atoms with Crippen molar-refractivity contribution in [3.8, 4) is 28.0 Å². The summed E-state index contributed by atoms with van der Waals surface area (Å²) in [7, 11) is -2.13. The summed E-state index contributed by atoms with van der Waals surface area (Å²) in [5, 5.41) is 14.6. The Bertz CT molecular complexity index is 1180. The molecule has 0 fully saturated rings. The number of fused-ring (bicyclic) bond motifs is 9. The smallest absolute Gasteiger partial charge is 0.154 e. The summed E-state index contributed by atoms with van der Waals surface area (Å²) in [6, 6.07) is 33.7. The first-order valence-corrected chi connectivity index (χ1v) is 11.6. The van der Waals surface area contributed by atoms with Crippen molar-refractivity contribution in [2.24, 2.45) is 0 Å². The molecule has 0 atom stereocenters. The van der Waals surface area contributed by atoms with E-state index in [1.54, 1.807) is 0 Å². The third-order valence-electron chi connectivity index (χ3n) is 6.29. The molecular weight excluding hydrogens is 344 g/mol. The fraction of sp³-hybridized carbons (Fsp3) is 0.0400. The van der Waals surface area contributed by atoms with Gasteiger partial charge in [0.2, 0.25) is 0 Å². The molecule has 0 amide bonds. The molecular formula is C25H18OSi. The average Bonchev–Trinajstić information content (AvgIpc) is 3.00. The molecule has 1 spiro atoms. The van der Waals surface area contributed by atoms with Gasteiger partial charge in [0.05, 0.1) is 0 Å². The number of phenols is 1. The molecule has 128 valence electrons. The Balaban J connectivity index is 1.77. The van der Waals surface area contributed by atoms with Gasteiger partial charge in [-0.2, -0.15) is 0 Å². The van der Waals surface area contributed by atoms with E-state index in [2.05, 4.69) is 78.9 Å². The van der Waals surface area contributed by atoms with Gasteiger partial charge in [0.1, 0.15) is 5.75 Å². The Labute approximate surface area is 159 Å². The molecule has 1 nitrogen and oxygen atoms in total. The molecule has 2 heterocycles. The van der Waals surface area contributed by atoms with E-state index in [1.807, 2.05) is 12.1 Å². The van der Waals surface area contributed by atoms with Crippen LogP contribution in [0.1, 0.15) is 5.56 Å². The van der Waals surface area contributed by atoms with Crippen LogP contribution in [-0.4, -0.2) is 13.2 Å². The fourth-order valence-corrected chi connectivity index (χ4v) is 10.7. The van der Waals surface area contributed by atoms with E-state index in [-0.39, 0.29) is 0 Å². The molecule has 2 aliphatic rings. The minimum Gasteiger partial charge on any atom is -0.508 e. The highest BCUT2D eigenvalue weighted by Crippen LogP contribution is 2.38. The highest BCUT2D eigenvalue weighted by Gasteiger charge is 2.50. The monoisotopic (exact) mass is 362 g/mol. The van der Waals surface area contributed by atoms with E-state index in [0.29, 0.717) is 5.75 Å².